The molecule has 1 aromatic carbocycles. The van der Waals surface area contributed by atoms with E-state index in [1.54, 1.807) is 6.20 Å². The number of rotatable bonds is 5. The Morgan fingerprint density at radius 3 is 2.60 bits per heavy atom. The molecule has 1 aliphatic heterocycles. The molecular formula is C23H25N5O2. The summed E-state index contributed by atoms with van der Waals surface area (Å²) in [6.45, 7) is 3.70. The molecule has 0 aliphatic carbocycles. The molecule has 1 aliphatic rings. The number of aromatic nitrogens is 5. The first-order chi connectivity index (χ1) is 14.8. The van der Waals surface area contributed by atoms with E-state index < -0.39 is 0 Å². The Bertz CT molecular complexity index is 1160. The van der Waals surface area contributed by atoms with Gasteiger partial charge in [0.25, 0.3) is 0 Å². The van der Waals surface area contributed by atoms with E-state index in [9.17, 15) is 5.11 Å². The van der Waals surface area contributed by atoms with Crippen molar-refractivity contribution in [1.29, 1.82) is 0 Å². The highest BCUT2D eigenvalue weighted by molar-refractivity contribution is 5.81. The third-order valence-electron chi connectivity index (χ3n) is 5.77. The zero-order valence-electron chi connectivity index (χ0n) is 17.0. The Balaban J connectivity index is 1.59. The molecule has 0 unspecified atom stereocenters. The van der Waals surface area contributed by atoms with Crippen LogP contribution in [0.1, 0.15) is 37.1 Å². The number of ether oxygens (including phenoxy) is 1. The van der Waals surface area contributed by atoms with E-state index >= 15 is 0 Å². The van der Waals surface area contributed by atoms with Crippen molar-refractivity contribution >= 4 is 11.0 Å². The second kappa shape index (κ2) is 8.01. The molecule has 4 heterocycles. The molecule has 7 nitrogen and oxygen atoms in total. The van der Waals surface area contributed by atoms with Gasteiger partial charge in [-0.05, 0) is 55.2 Å². The molecular weight excluding hydrogens is 378 g/mol. The second-order valence-corrected chi connectivity index (χ2v) is 7.61. The first-order valence-corrected chi connectivity index (χ1v) is 10.5. The lowest BCUT2D eigenvalue weighted by molar-refractivity contribution is 0.0672. The highest BCUT2D eigenvalue weighted by atomic mass is 16.5. The van der Waals surface area contributed by atoms with Gasteiger partial charge >= 0.3 is 0 Å². The number of aliphatic hydroxyl groups excluding tert-OH is 1. The van der Waals surface area contributed by atoms with Gasteiger partial charge in [-0.1, -0.05) is 19.1 Å². The maximum Gasteiger partial charge on any atom is 0.159 e. The van der Waals surface area contributed by atoms with Crippen LogP contribution in [0.5, 0.6) is 0 Å². The normalized spacial score (nSPS) is 15.1. The van der Waals surface area contributed by atoms with Gasteiger partial charge in [0.05, 0.1) is 41.6 Å². The smallest absolute Gasteiger partial charge is 0.159 e. The number of pyridine rings is 1. The van der Waals surface area contributed by atoms with E-state index in [1.807, 2.05) is 41.1 Å². The van der Waals surface area contributed by atoms with E-state index in [-0.39, 0.29) is 6.61 Å². The molecule has 0 atom stereocenters. The Kier molecular flexibility index (Phi) is 5.06. The molecule has 154 valence electrons. The van der Waals surface area contributed by atoms with Crippen LogP contribution < -0.4 is 0 Å². The molecule has 1 saturated heterocycles. The quantitative estimate of drug-likeness (QED) is 0.550. The van der Waals surface area contributed by atoms with E-state index in [1.165, 1.54) is 0 Å². The minimum Gasteiger partial charge on any atom is -0.392 e. The Labute approximate surface area is 174 Å². The summed E-state index contributed by atoms with van der Waals surface area (Å²) in [6, 6.07) is 14.2. The minimum absolute atomic E-state index is 0.0282. The van der Waals surface area contributed by atoms with Gasteiger partial charge in [-0.15, -0.1) is 0 Å². The molecule has 0 bridgehead atoms. The molecule has 0 radical (unpaired) electrons. The van der Waals surface area contributed by atoms with Crippen LogP contribution in [-0.4, -0.2) is 42.9 Å². The fourth-order valence-electron chi connectivity index (χ4n) is 4.11. The lowest BCUT2D eigenvalue weighted by Crippen LogP contribution is -2.21. The maximum atomic E-state index is 9.30. The highest BCUT2D eigenvalue weighted by Gasteiger charge is 2.22. The molecule has 3 aromatic heterocycles. The van der Waals surface area contributed by atoms with E-state index in [0.717, 1.165) is 71.8 Å². The van der Waals surface area contributed by atoms with Crippen LogP contribution in [0.3, 0.4) is 0 Å². The third kappa shape index (κ3) is 3.30. The van der Waals surface area contributed by atoms with Crippen molar-refractivity contribution in [1.82, 2.24) is 24.5 Å². The zero-order valence-corrected chi connectivity index (χ0v) is 17.0. The van der Waals surface area contributed by atoms with Gasteiger partial charge in [-0.2, -0.15) is 10.2 Å². The first kappa shape index (κ1) is 19.0. The number of hydrogen-bond donors (Lipinski definition) is 1. The van der Waals surface area contributed by atoms with Gasteiger partial charge in [-0.25, -0.2) is 14.3 Å². The molecule has 1 N–H and O–H groups in total. The van der Waals surface area contributed by atoms with Crippen LogP contribution in [0.15, 0.2) is 48.7 Å². The lowest BCUT2D eigenvalue weighted by atomic mass is 10.1. The van der Waals surface area contributed by atoms with E-state index in [0.29, 0.717) is 6.04 Å². The van der Waals surface area contributed by atoms with E-state index in [4.69, 9.17) is 14.8 Å². The number of hydrogen-bond acceptors (Lipinski definition) is 5. The summed E-state index contributed by atoms with van der Waals surface area (Å²) in [5.74, 6) is 0. The van der Waals surface area contributed by atoms with E-state index in [2.05, 4.69) is 22.8 Å². The summed E-state index contributed by atoms with van der Waals surface area (Å²) >= 11 is 0. The number of nitrogens with zero attached hydrogens (tertiary/aromatic N) is 5. The summed E-state index contributed by atoms with van der Waals surface area (Å²) < 4.78 is 9.53. The second-order valence-electron chi connectivity index (χ2n) is 7.61. The molecule has 1 fully saturated rings. The molecule has 4 aromatic rings. The summed E-state index contributed by atoms with van der Waals surface area (Å²) in [4.78, 5) is 5.04. The fourth-order valence-corrected chi connectivity index (χ4v) is 4.11. The minimum atomic E-state index is 0.0282. The van der Waals surface area contributed by atoms with Crippen molar-refractivity contribution in [2.75, 3.05) is 13.2 Å². The first-order valence-electron chi connectivity index (χ1n) is 10.5. The van der Waals surface area contributed by atoms with Crippen LogP contribution in [0.25, 0.3) is 28.1 Å². The predicted molar refractivity (Wildman–Crippen MR) is 114 cm³/mol. The lowest BCUT2D eigenvalue weighted by Gasteiger charge is -2.22. The van der Waals surface area contributed by atoms with Gasteiger partial charge in [-0.3, -0.25) is 0 Å². The van der Waals surface area contributed by atoms with Gasteiger partial charge in [0.15, 0.2) is 5.65 Å². The molecule has 5 rings (SSSR count). The predicted octanol–water partition coefficient (Wildman–Crippen LogP) is 3.69. The van der Waals surface area contributed by atoms with Gasteiger partial charge in [0.1, 0.15) is 0 Å². The Morgan fingerprint density at radius 1 is 1.07 bits per heavy atom. The highest BCUT2D eigenvalue weighted by Crippen LogP contribution is 2.29. The third-order valence-corrected chi connectivity index (χ3v) is 5.77. The van der Waals surface area contributed by atoms with Crippen molar-refractivity contribution in [3.63, 3.8) is 0 Å². The summed E-state index contributed by atoms with van der Waals surface area (Å²) in [5, 5.41) is 19.8. The molecule has 0 amide bonds. The zero-order chi connectivity index (χ0) is 20.5. The van der Waals surface area contributed by atoms with Gasteiger partial charge in [0.2, 0.25) is 0 Å². The van der Waals surface area contributed by atoms with Crippen LogP contribution >= 0.6 is 0 Å². The van der Waals surface area contributed by atoms with Crippen LogP contribution in [0, 0.1) is 0 Å². The van der Waals surface area contributed by atoms with Crippen molar-refractivity contribution in [2.45, 2.75) is 38.8 Å². The Morgan fingerprint density at radius 2 is 1.87 bits per heavy atom. The number of aryl methyl sites for hydroxylation is 1. The van der Waals surface area contributed by atoms with Crippen molar-refractivity contribution in [3.05, 3.63) is 59.9 Å². The largest absolute Gasteiger partial charge is 0.392 e. The van der Waals surface area contributed by atoms with Crippen molar-refractivity contribution in [3.8, 4) is 17.1 Å². The van der Waals surface area contributed by atoms with Crippen LogP contribution in [0.4, 0.5) is 0 Å². The molecule has 0 saturated carbocycles. The Hall–Kier alpha value is -3.03. The number of fused-ring (bicyclic) bond motifs is 1. The standard InChI is InChI=1S/C23H25N5O2/c1-2-20-19-7-8-21(25-23(19)28(26-20)18-10-13-30-14-11-18)22-9-12-24-27(22)17-5-3-16(15-29)4-6-17/h3-9,12,18,29H,2,10-11,13-15H2,1H3. The molecule has 30 heavy (non-hydrogen) atoms. The number of aliphatic hydroxyl groups is 1. The van der Waals surface area contributed by atoms with Crippen LogP contribution in [-0.2, 0) is 17.8 Å². The summed E-state index contributed by atoms with van der Waals surface area (Å²) in [6.07, 6.45) is 4.58. The average Bonchev–Trinajstić information content (AvgIpc) is 3.44. The van der Waals surface area contributed by atoms with Crippen molar-refractivity contribution in [2.24, 2.45) is 0 Å². The molecule has 0 spiro atoms. The monoisotopic (exact) mass is 403 g/mol. The van der Waals surface area contributed by atoms with Crippen LogP contribution in [0.2, 0.25) is 0 Å². The maximum absolute atomic E-state index is 9.30. The SMILES string of the molecule is CCc1nn(C2CCOCC2)c2nc(-c3ccnn3-c3ccc(CO)cc3)ccc12. The topological polar surface area (TPSA) is 78.0 Å². The summed E-state index contributed by atoms with van der Waals surface area (Å²) in [7, 11) is 0. The van der Waals surface area contributed by atoms with Gasteiger partial charge in [0, 0.05) is 18.6 Å². The molecule has 7 heteroatoms. The fraction of sp³-hybridized carbons (Fsp3) is 0.348. The van der Waals surface area contributed by atoms with Crippen molar-refractivity contribution < 1.29 is 9.84 Å². The van der Waals surface area contributed by atoms with Gasteiger partial charge < -0.3 is 9.84 Å². The summed E-state index contributed by atoms with van der Waals surface area (Å²) in [5.41, 5.74) is 5.61. The number of benzene rings is 1. The average molecular weight is 403 g/mol.